The molecule has 0 bridgehead atoms. The lowest BCUT2D eigenvalue weighted by atomic mass is 9.92. The van der Waals surface area contributed by atoms with Gasteiger partial charge in [0.25, 0.3) is 0 Å². The summed E-state index contributed by atoms with van der Waals surface area (Å²) in [7, 11) is 1.48. The van der Waals surface area contributed by atoms with E-state index in [1.165, 1.54) is 20.0 Å². The molecule has 1 saturated heterocycles. The second-order valence-electron chi connectivity index (χ2n) is 3.79. The van der Waals surface area contributed by atoms with Gasteiger partial charge in [0.15, 0.2) is 0 Å². The summed E-state index contributed by atoms with van der Waals surface area (Å²) >= 11 is 0. The monoisotopic (exact) mass is 169 g/mol. The first-order chi connectivity index (χ1) is 5.83. The molecule has 3 heteroatoms. The SMILES string of the molecule is COC(=O)[C@@H]1CNC[C@H]1C1CC1. The molecule has 1 aliphatic carbocycles. The van der Waals surface area contributed by atoms with E-state index in [1.54, 1.807) is 0 Å². The fourth-order valence-corrected chi connectivity index (χ4v) is 2.13. The number of rotatable bonds is 2. The maximum atomic E-state index is 11.3. The van der Waals surface area contributed by atoms with E-state index >= 15 is 0 Å². The normalized spacial score (nSPS) is 35.1. The molecule has 0 radical (unpaired) electrons. The Balaban J connectivity index is 1.98. The van der Waals surface area contributed by atoms with Crippen molar-refractivity contribution in [3.05, 3.63) is 0 Å². The van der Waals surface area contributed by atoms with Gasteiger partial charge >= 0.3 is 5.97 Å². The predicted molar refractivity (Wildman–Crippen MR) is 44.6 cm³/mol. The Morgan fingerprint density at radius 3 is 2.75 bits per heavy atom. The lowest BCUT2D eigenvalue weighted by Gasteiger charge is -2.14. The van der Waals surface area contributed by atoms with Crippen LogP contribution in [-0.2, 0) is 9.53 Å². The molecule has 2 atom stereocenters. The average molecular weight is 169 g/mol. The van der Waals surface area contributed by atoms with Crippen LogP contribution in [0.3, 0.4) is 0 Å². The van der Waals surface area contributed by atoms with Gasteiger partial charge in [-0.25, -0.2) is 0 Å². The third-order valence-corrected chi connectivity index (χ3v) is 2.99. The first kappa shape index (κ1) is 8.05. The molecule has 2 rings (SSSR count). The third kappa shape index (κ3) is 1.33. The molecule has 1 saturated carbocycles. The average Bonchev–Trinajstić information content (AvgIpc) is 2.83. The first-order valence-corrected chi connectivity index (χ1v) is 4.61. The smallest absolute Gasteiger partial charge is 0.310 e. The van der Waals surface area contributed by atoms with Crippen molar-refractivity contribution in [1.82, 2.24) is 5.32 Å². The summed E-state index contributed by atoms with van der Waals surface area (Å²) in [5, 5.41) is 3.26. The van der Waals surface area contributed by atoms with Crippen LogP contribution in [-0.4, -0.2) is 26.2 Å². The van der Waals surface area contributed by atoms with E-state index < -0.39 is 0 Å². The number of carbonyl (C=O) groups excluding carboxylic acids is 1. The zero-order valence-corrected chi connectivity index (χ0v) is 7.38. The summed E-state index contributed by atoms with van der Waals surface area (Å²) in [4.78, 5) is 11.3. The lowest BCUT2D eigenvalue weighted by Crippen LogP contribution is -2.25. The maximum Gasteiger partial charge on any atom is 0.310 e. The fraction of sp³-hybridized carbons (Fsp3) is 0.889. The molecule has 1 heterocycles. The van der Waals surface area contributed by atoms with Crippen molar-refractivity contribution in [2.45, 2.75) is 12.8 Å². The van der Waals surface area contributed by atoms with Crippen LogP contribution in [0.25, 0.3) is 0 Å². The van der Waals surface area contributed by atoms with Gasteiger partial charge in [0.2, 0.25) is 0 Å². The van der Waals surface area contributed by atoms with Gasteiger partial charge in [-0.05, 0) is 31.2 Å². The first-order valence-electron chi connectivity index (χ1n) is 4.61. The van der Waals surface area contributed by atoms with Gasteiger partial charge < -0.3 is 10.1 Å². The van der Waals surface area contributed by atoms with E-state index in [2.05, 4.69) is 5.32 Å². The van der Waals surface area contributed by atoms with Gasteiger partial charge in [0, 0.05) is 6.54 Å². The van der Waals surface area contributed by atoms with E-state index in [-0.39, 0.29) is 11.9 Å². The van der Waals surface area contributed by atoms with E-state index in [1.807, 2.05) is 0 Å². The predicted octanol–water partition coefficient (Wildman–Crippen LogP) is 0.405. The molecule has 0 spiro atoms. The minimum absolute atomic E-state index is 0.0306. The van der Waals surface area contributed by atoms with Crippen molar-refractivity contribution in [3.63, 3.8) is 0 Å². The minimum Gasteiger partial charge on any atom is -0.469 e. The maximum absolute atomic E-state index is 11.3. The molecule has 68 valence electrons. The van der Waals surface area contributed by atoms with Crippen LogP contribution in [0.1, 0.15) is 12.8 Å². The van der Waals surface area contributed by atoms with Crippen molar-refractivity contribution < 1.29 is 9.53 Å². The van der Waals surface area contributed by atoms with Crippen molar-refractivity contribution in [3.8, 4) is 0 Å². The minimum atomic E-state index is -0.0306. The number of methoxy groups -OCH3 is 1. The van der Waals surface area contributed by atoms with Gasteiger partial charge in [-0.15, -0.1) is 0 Å². The second-order valence-corrected chi connectivity index (χ2v) is 3.79. The molecular formula is C9H15NO2. The van der Waals surface area contributed by atoms with E-state index in [9.17, 15) is 4.79 Å². The van der Waals surface area contributed by atoms with Crippen LogP contribution in [0.15, 0.2) is 0 Å². The summed E-state index contributed by atoms with van der Waals surface area (Å²) < 4.78 is 4.76. The Hall–Kier alpha value is -0.570. The quantitative estimate of drug-likeness (QED) is 0.608. The van der Waals surface area contributed by atoms with Crippen LogP contribution in [0.5, 0.6) is 0 Å². The highest BCUT2D eigenvalue weighted by Crippen LogP contribution is 2.42. The Labute approximate surface area is 72.5 Å². The van der Waals surface area contributed by atoms with Gasteiger partial charge in [0.05, 0.1) is 13.0 Å². The molecule has 0 aromatic heterocycles. The zero-order chi connectivity index (χ0) is 8.55. The fourth-order valence-electron chi connectivity index (χ4n) is 2.13. The molecule has 0 unspecified atom stereocenters. The summed E-state index contributed by atoms with van der Waals surface area (Å²) in [5.74, 6) is 1.45. The van der Waals surface area contributed by atoms with Gasteiger partial charge in [-0.2, -0.15) is 0 Å². The Bertz CT molecular complexity index is 189. The topological polar surface area (TPSA) is 38.3 Å². The van der Waals surface area contributed by atoms with Gasteiger partial charge in [-0.3, -0.25) is 4.79 Å². The van der Waals surface area contributed by atoms with Crippen molar-refractivity contribution >= 4 is 5.97 Å². The van der Waals surface area contributed by atoms with E-state index in [0.29, 0.717) is 5.92 Å². The number of esters is 1. The zero-order valence-electron chi connectivity index (χ0n) is 7.38. The summed E-state index contributed by atoms with van der Waals surface area (Å²) in [6.07, 6.45) is 2.61. The molecule has 0 aromatic carbocycles. The summed E-state index contributed by atoms with van der Waals surface area (Å²) in [6.45, 7) is 1.82. The molecule has 3 nitrogen and oxygen atoms in total. The highest BCUT2D eigenvalue weighted by Gasteiger charge is 2.42. The lowest BCUT2D eigenvalue weighted by molar-refractivity contribution is -0.146. The van der Waals surface area contributed by atoms with E-state index in [4.69, 9.17) is 4.74 Å². The highest BCUT2D eigenvalue weighted by molar-refractivity contribution is 5.73. The number of hydrogen-bond acceptors (Lipinski definition) is 3. The van der Waals surface area contributed by atoms with Gasteiger partial charge in [0.1, 0.15) is 0 Å². The molecule has 0 amide bonds. The summed E-state index contributed by atoms with van der Waals surface area (Å²) in [6, 6.07) is 0. The Morgan fingerprint density at radius 1 is 1.42 bits per heavy atom. The highest BCUT2D eigenvalue weighted by atomic mass is 16.5. The van der Waals surface area contributed by atoms with Crippen LogP contribution in [0, 0.1) is 17.8 Å². The number of nitrogens with one attached hydrogen (secondary N) is 1. The van der Waals surface area contributed by atoms with Crippen molar-refractivity contribution in [1.29, 1.82) is 0 Å². The standard InChI is InChI=1S/C9H15NO2/c1-12-9(11)8-5-10-4-7(8)6-2-3-6/h6-8,10H,2-5H2,1H3/t7-,8+/m0/s1. The Morgan fingerprint density at radius 2 is 2.17 bits per heavy atom. The molecule has 12 heavy (non-hydrogen) atoms. The summed E-state index contributed by atoms with van der Waals surface area (Å²) in [5.41, 5.74) is 0. The number of carbonyl (C=O) groups is 1. The Kier molecular flexibility index (Phi) is 2.05. The van der Waals surface area contributed by atoms with Crippen LogP contribution in [0.2, 0.25) is 0 Å². The number of ether oxygens (including phenoxy) is 1. The molecular weight excluding hydrogens is 154 g/mol. The molecule has 2 aliphatic rings. The van der Waals surface area contributed by atoms with Gasteiger partial charge in [-0.1, -0.05) is 0 Å². The third-order valence-electron chi connectivity index (χ3n) is 2.99. The van der Waals surface area contributed by atoms with Crippen LogP contribution < -0.4 is 5.32 Å². The molecule has 1 N–H and O–H groups in total. The van der Waals surface area contributed by atoms with Crippen molar-refractivity contribution in [2.75, 3.05) is 20.2 Å². The second kappa shape index (κ2) is 3.05. The van der Waals surface area contributed by atoms with Crippen LogP contribution in [0.4, 0.5) is 0 Å². The number of hydrogen-bond donors (Lipinski definition) is 1. The largest absolute Gasteiger partial charge is 0.469 e. The molecule has 1 aliphatic heterocycles. The van der Waals surface area contributed by atoms with E-state index in [0.717, 1.165) is 19.0 Å². The molecule has 2 fully saturated rings. The molecule has 0 aromatic rings. The van der Waals surface area contributed by atoms with Crippen LogP contribution >= 0.6 is 0 Å². The van der Waals surface area contributed by atoms with Crippen molar-refractivity contribution in [2.24, 2.45) is 17.8 Å².